The van der Waals surface area contributed by atoms with E-state index in [0.717, 1.165) is 11.8 Å². The summed E-state index contributed by atoms with van der Waals surface area (Å²) < 4.78 is 0. The van der Waals surface area contributed by atoms with Gasteiger partial charge < -0.3 is 11.1 Å². The molecule has 0 aromatic rings. The van der Waals surface area contributed by atoms with Gasteiger partial charge in [0.25, 0.3) is 0 Å². The van der Waals surface area contributed by atoms with Crippen LogP contribution in [0.5, 0.6) is 0 Å². The van der Waals surface area contributed by atoms with Crippen LogP contribution >= 0.6 is 11.8 Å². The second-order valence-electron chi connectivity index (χ2n) is 2.01. The van der Waals surface area contributed by atoms with Crippen LogP contribution in [0, 0.1) is 0 Å². The van der Waals surface area contributed by atoms with Crippen LogP contribution in [-0.4, -0.2) is 23.6 Å². The molecule has 4 nitrogen and oxygen atoms in total. The Morgan fingerprint density at radius 3 is 3.00 bits per heavy atom. The van der Waals surface area contributed by atoms with E-state index in [4.69, 9.17) is 5.73 Å². The minimum Gasteiger partial charge on any atom is -0.341 e. The first-order valence-electron chi connectivity index (χ1n) is 3.10. The fourth-order valence-corrected chi connectivity index (χ4v) is 1.33. The monoisotopic (exact) mass is 172 g/mol. The molecular weight excluding hydrogens is 164 g/mol. The maximum absolute atomic E-state index is 10.9. The molecule has 1 atom stereocenters. The smallest absolute Gasteiger partial charge is 0.234 e. The van der Waals surface area contributed by atoms with Crippen LogP contribution in [0.2, 0.25) is 0 Å². The minimum atomic E-state index is -0.476. The Labute approximate surface area is 68.2 Å². The number of hydrogen-bond acceptors (Lipinski definition) is 4. The van der Waals surface area contributed by atoms with Crippen LogP contribution in [0.25, 0.3) is 0 Å². The maximum Gasteiger partial charge on any atom is 0.234 e. The average Bonchev–Trinajstić information content (AvgIpc) is 2.37. The molecule has 1 heterocycles. The molecule has 0 saturated heterocycles. The third kappa shape index (κ3) is 2.06. The van der Waals surface area contributed by atoms with Crippen molar-refractivity contribution in [3.05, 3.63) is 11.5 Å². The molecule has 0 bridgehead atoms. The summed E-state index contributed by atoms with van der Waals surface area (Å²) in [5.41, 5.74) is 5.04. The normalized spacial score (nSPS) is 22.3. The highest BCUT2D eigenvalue weighted by Crippen LogP contribution is 2.16. The molecule has 1 amide bonds. The highest BCUT2D eigenvalue weighted by atomic mass is 32.2. The van der Waals surface area contributed by atoms with Crippen LogP contribution in [0.3, 0.4) is 0 Å². The third-order valence-electron chi connectivity index (χ3n) is 1.21. The van der Waals surface area contributed by atoms with Crippen LogP contribution < -0.4 is 11.1 Å². The number of nitrogens with two attached hydrogens (primary N) is 1. The summed E-state index contributed by atoms with van der Waals surface area (Å²) in [5, 5.41) is 4.05. The Balaban J connectivity index is 2.43. The second kappa shape index (κ2) is 3.54. The number of thioether (sulfide) groups is 1. The first-order valence-corrected chi connectivity index (χ1v) is 3.98. The van der Waals surface area contributed by atoms with Gasteiger partial charge in [-0.15, -0.1) is 0 Å². The molecule has 0 aromatic heterocycles. The van der Waals surface area contributed by atoms with E-state index in [9.17, 15) is 9.59 Å². The lowest BCUT2D eigenvalue weighted by molar-refractivity contribution is -0.122. The van der Waals surface area contributed by atoms with Gasteiger partial charge in [-0.05, 0) is 11.5 Å². The van der Waals surface area contributed by atoms with Crippen LogP contribution in [0.4, 0.5) is 0 Å². The fourth-order valence-electron chi connectivity index (χ4n) is 0.676. The van der Waals surface area contributed by atoms with Crippen molar-refractivity contribution in [2.24, 2.45) is 5.73 Å². The van der Waals surface area contributed by atoms with Gasteiger partial charge in [0.05, 0.1) is 6.54 Å². The molecule has 1 aliphatic heterocycles. The van der Waals surface area contributed by atoms with Crippen molar-refractivity contribution < 1.29 is 9.59 Å². The van der Waals surface area contributed by atoms with E-state index in [1.165, 1.54) is 0 Å². The predicted molar refractivity (Wildman–Crippen MR) is 42.7 cm³/mol. The Bertz CT molecular complexity index is 215. The molecule has 0 aliphatic carbocycles. The zero-order chi connectivity index (χ0) is 8.27. The Hall–Kier alpha value is -0.810. The van der Waals surface area contributed by atoms with Gasteiger partial charge in [0.2, 0.25) is 11.0 Å². The van der Waals surface area contributed by atoms with Gasteiger partial charge in [0, 0.05) is 0 Å². The zero-order valence-corrected chi connectivity index (χ0v) is 6.56. The van der Waals surface area contributed by atoms with Gasteiger partial charge in [-0.2, -0.15) is 0 Å². The highest BCUT2D eigenvalue weighted by Gasteiger charge is 2.20. The van der Waals surface area contributed by atoms with E-state index in [0.29, 0.717) is 0 Å². The minimum absolute atomic E-state index is 0.0631. The Morgan fingerprint density at radius 2 is 2.55 bits per heavy atom. The number of nitrogens with one attached hydrogen (secondary N) is 1. The largest absolute Gasteiger partial charge is 0.341 e. The standard InChI is InChI=1S/C6H8N2O2S/c7-3-5(9)8-4-1-2-11-6(4)10/h1-2,4H,3,7H2,(H,8,9). The first kappa shape index (κ1) is 8.29. The van der Waals surface area contributed by atoms with Gasteiger partial charge in [-0.3, -0.25) is 9.59 Å². The molecular formula is C6H8N2O2S. The van der Waals surface area contributed by atoms with E-state index in [2.05, 4.69) is 5.32 Å². The summed E-state index contributed by atoms with van der Waals surface area (Å²) in [4.78, 5) is 21.6. The predicted octanol–water partition coefficient (Wildman–Crippen LogP) is -0.783. The molecule has 1 rings (SSSR count). The SMILES string of the molecule is NCC(=O)NC1C=CSC1=O. The fraction of sp³-hybridized carbons (Fsp3) is 0.333. The molecule has 3 N–H and O–H groups in total. The van der Waals surface area contributed by atoms with Gasteiger partial charge in [0.15, 0.2) is 0 Å². The van der Waals surface area contributed by atoms with Crippen molar-refractivity contribution in [3.8, 4) is 0 Å². The summed E-state index contributed by atoms with van der Waals surface area (Å²) in [5.74, 6) is -0.310. The Morgan fingerprint density at radius 1 is 1.82 bits per heavy atom. The van der Waals surface area contributed by atoms with Crippen molar-refractivity contribution in [1.82, 2.24) is 5.32 Å². The number of carbonyl (C=O) groups is 2. The van der Waals surface area contributed by atoms with E-state index in [1.54, 1.807) is 11.5 Å². The molecule has 0 saturated carbocycles. The van der Waals surface area contributed by atoms with Crippen molar-refractivity contribution in [2.75, 3.05) is 6.54 Å². The molecule has 11 heavy (non-hydrogen) atoms. The second-order valence-corrected chi connectivity index (χ2v) is 2.92. The van der Waals surface area contributed by atoms with E-state index >= 15 is 0 Å². The van der Waals surface area contributed by atoms with Gasteiger partial charge in [-0.25, -0.2) is 0 Å². The first-order chi connectivity index (χ1) is 5.24. The van der Waals surface area contributed by atoms with E-state index in [-0.39, 0.29) is 17.6 Å². The molecule has 0 fully saturated rings. The molecule has 0 radical (unpaired) electrons. The van der Waals surface area contributed by atoms with Crippen LogP contribution in [0.15, 0.2) is 11.5 Å². The lowest BCUT2D eigenvalue weighted by atomic mass is 10.3. The molecule has 0 spiro atoms. The molecule has 1 aliphatic rings. The van der Waals surface area contributed by atoms with Crippen molar-refractivity contribution in [2.45, 2.75) is 6.04 Å². The van der Waals surface area contributed by atoms with Crippen molar-refractivity contribution in [1.29, 1.82) is 0 Å². The quantitative estimate of drug-likeness (QED) is 0.573. The maximum atomic E-state index is 10.9. The van der Waals surface area contributed by atoms with Gasteiger partial charge in [-0.1, -0.05) is 11.8 Å². The third-order valence-corrected chi connectivity index (χ3v) is 1.99. The van der Waals surface area contributed by atoms with Crippen LogP contribution in [-0.2, 0) is 9.59 Å². The average molecular weight is 172 g/mol. The van der Waals surface area contributed by atoms with Gasteiger partial charge >= 0.3 is 0 Å². The molecule has 0 aromatic carbocycles. The summed E-state index contributed by atoms with van der Waals surface area (Å²) >= 11 is 1.08. The summed E-state index contributed by atoms with van der Waals surface area (Å²) in [7, 11) is 0. The topological polar surface area (TPSA) is 72.2 Å². The lowest BCUT2D eigenvalue weighted by Gasteiger charge is -2.06. The van der Waals surface area contributed by atoms with E-state index < -0.39 is 6.04 Å². The lowest BCUT2D eigenvalue weighted by Crippen LogP contribution is -2.40. The van der Waals surface area contributed by atoms with Crippen molar-refractivity contribution >= 4 is 22.8 Å². The van der Waals surface area contributed by atoms with Crippen LogP contribution in [0.1, 0.15) is 0 Å². The van der Waals surface area contributed by atoms with E-state index in [1.807, 2.05) is 0 Å². The number of rotatable bonds is 2. The summed E-state index contributed by atoms with van der Waals surface area (Å²) in [6.45, 7) is -0.0811. The molecule has 1 unspecified atom stereocenters. The summed E-state index contributed by atoms with van der Waals surface area (Å²) in [6, 6.07) is -0.476. The highest BCUT2D eigenvalue weighted by molar-refractivity contribution is 8.16. The van der Waals surface area contributed by atoms with Gasteiger partial charge in [0.1, 0.15) is 6.04 Å². The summed E-state index contributed by atoms with van der Waals surface area (Å²) in [6.07, 6.45) is 1.64. The zero-order valence-electron chi connectivity index (χ0n) is 5.74. The van der Waals surface area contributed by atoms with Crippen molar-refractivity contribution in [3.63, 3.8) is 0 Å². The molecule has 5 heteroatoms. The number of amides is 1. The number of carbonyl (C=O) groups excluding carboxylic acids is 2. The Kier molecular flexibility index (Phi) is 2.67. The number of hydrogen-bond donors (Lipinski definition) is 2. The molecule has 60 valence electrons.